The molecule has 14 heavy (non-hydrogen) atoms. The number of unbranched alkanes of at least 4 members (excludes halogenated alkanes) is 2. The second-order valence-electron chi connectivity index (χ2n) is 3.88. The van der Waals surface area contributed by atoms with Gasteiger partial charge < -0.3 is 0 Å². The van der Waals surface area contributed by atoms with Gasteiger partial charge in [-0.25, -0.2) is 4.57 Å². The third kappa shape index (κ3) is 3.49. The van der Waals surface area contributed by atoms with Crippen molar-refractivity contribution in [3.8, 4) is 0 Å². The maximum Gasteiger partial charge on any atom is 0.169 e. The van der Waals surface area contributed by atoms with Crippen LogP contribution in [0.5, 0.6) is 0 Å². The van der Waals surface area contributed by atoms with Gasteiger partial charge in [0, 0.05) is 25.0 Å². The lowest BCUT2D eigenvalue weighted by Gasteiger charge is -2.09. The Morgan fingerprint density at radius 3 is 2.29 bits per heavy atom. The summed E-state index contributed by atoms with van der Waals surface area (Å²) in [6.45, 7) is 4.53. The summed E-state index contributed by atoms with van der Waals surface area (Å²) in [6.07, 6.45) is 11.0. The van der Waals surface area contributed by atoms with Crippen LogP contribution >= 0.6 is 0 Å². The molecule has 78 valence electrons. The van der Waals surface area contributed by atoms with Crippen LogP contribution in [0.3, 0.4) is 0 Å². The normalized spacial score (nSPS) is 12.7. The Hall–Kier alpha value is -0.850. The molecule has 0 bridgehead atoms. The zero-order valence-corrected chi connectivity index (χ0v) is 9.45. The van der Waals surface area contributed by atoms with Gasteiger partial charge in [-0.2, -0.15) is 0 Å². The molecule has 1 aromatic rings. The molecule has 1 unspecified atom stereocenters. The van der Waals surface area contributed by atoms with Gasteiger partial charge in [0.1, 0.15) is 0 Å². The van der Waals surface area contributed by atoms with Crippen LogP contribution in [0.25, 0.3) is 0 Å². The highest BCUT2D eigenvalue weighted by Crippen LogP contribution is 2.12. The van der Waals surface area contributed by atoms with Crippen molar-refractivity contribution in [3.63, 3.8) is 0 Å². The number of nitrogens with zero attached hydrogens (tertiary/aromatic N) is 1. The van der Waals surface area contributed by atoms with Gasteiger partial charge in [-0.15, -0.1) is 0 Å². The Balaban J connectivity index is 2.46. The first-order valence-corrected chi connectivity index (χ1v) is 5.84. The van der Waals surface area contributed by atoms with Crippen molar-refractivity contribution in [3.05, 3.63) is 30.6 Å². The van der Waals surface area contributed by atoms with Crippen LogP contribution in [0.1, 0.15) is 52.0 Å². The summed E-state index contributed by atoms with van der Waals surface area (Å²) in [4.78, 5) is 0. The second kappa shape index (κ2) is 6.58. The van der Waals surface area contributed by atoms with Gasteiger partial charge in [-0.1, -0.05) is 32.8 Å². The van der Waals surface area contributed by atoms with Crippen LogP contribution in [0.4, 0.5) is 0 Å². The lowest BCUT2D eigenvalue weighted by Crippen LogP contribution is -2.38. The van der Waals surface area contributed by atoms with Crippen LogP contribution in [-0.4, -0.2) is 0 Å². The molecule has 1 heterocycles. The summed E-state index contributed by atoms with van der Waals surface area (Å²) in [5.74, 6) is 0. The predicted octanol–water partition coefficient (Wildman–Crippen LogP) is 3.51. The van der Waals surface area contributed by atoms with Crippen LogP contribution < -0.4 is 4.57 Å². The Kier molecular flexibility index (Phi) is 5.28. The van der Waals surface area contributed by atoms with Gasteiger partial charge in [-0.3, -0.25) is 0 Å². The highest BCUT2D eigenvalue weighted by molar-refractivity contribution is 4.84. The molecule has 0 N–H and O–H groups in total. The number of hydrogen-bond acceptors (Lipinski definition) is 0. The standard InChI is InChI=1S/C13H22N/c1-3-5-7-10-13(4-2)14-11-8-6-9-12-14/h6,8-9,11-13H,3-5,7,10H2,1-2H3/q+1. The molecule has 0 aliphatic rings. The first kappa shape index (κ1) is 11.2. The van der Waals surface area contributed by atoms with Crippen molar-refractivity contribution in [2.75, 3.05) is 0 Å². The predicted molar refractivity (Wildman–Crippen MR) is 60.1 cm³/mol. The third-order valence-corrected chi connectivity index (χ3v) is 2.77. The largest absolute Gasteiger partial charge is 0.202 e. The second-order valence-corrected chi connectivity index (χ2v) is 3.88. The third-order valence-electron chi connectivity index (χ3n) is 2.77. The monoisotopic (exact) mass is 192 g/mol. The first-order chi connectivity index (χ1) is 6.88. The molecule has 1 rings (SSSR count). The van der Waals surface area contributed by atoms with Gasteiger partial charge in [0.25, 0.3) is 0 Å². The van der Waals surface area contributed by atoms with Gasteiger partial charge in [0.05, 0.1) is 0 Å². The van der Waals surface area contributed by atoms with Gasteiger partial charge in [0.2, 0.25) is 0 Å². The molecule has 0 saturated heterocycles. The maximum absolute atomic E-state index is 2.34. The van der Waals surface area contributed by atoms with Gasteiger partial charge >= 0.3 is 0 Å². The van der Waals surface area contributed by atoms with Gasteiger partial charge in [0.15, 0.2) is 18.4 Å². The highest BCUT2D eigenvalue weighted by atomic mass is 15.0. The molecule has 0 aliphatic carbocycles. The van der Waals surface area contributed by atoms with Crippen molar-refractivity contribution >= 4 is 0 Å². The minimum atomic E-state index is 0.697. The van der Waals surface area contributed by atoms with E-state index in [1.807, 2.05) is 0 Å². The molecule has 0 spiro atoms. The van der Waals surface area contributed by atoms with Crippen molar-refractivity contribution in [2.45, 2.75) is 52.0 Å². The number of pyridine rings is 1. The fraction of sp³-hybridized carbons (Fsp3) is 0.615. The van der Waals surface area contributed by atoms with Crippen molar-refractivity contribution in [2.24, 2.45) is 0 Å². The van der Waals surface area contributed by atoms with Crippen LogP contribution in [-0.2, 0) is 0 Å². The van der Waals surface area contributed by atoms with E-state index in [2.05, 4.69) is 49.0 Å². The molecular formula is C13H22N+. The van der Waals surface area contributed by atoms with E-state index in [0.29, 0.717) is 6.04 Å². The first-order valence-electron chi connectivity index (χ1n) is 5.84. The smallest absolute Gasteiger partial charge is 0.169 e. The van der Waals surface area contributed by atoms with E-state index in [0.717, 1.165) is 0 Å². The molecule has 1 heteroatoms. The molecule has 0 radical (unpaired) electrons. The minimum Gasteiger partial charge on any atom is -0.202 e. The summed E-state index contributed by atoms with van der Waals surface area (Å²) < 4.78 is 2.34. The topological polar surface area (TPSA) is 3.88 Å². The van der Waals surface area contributed by atoms with Crippen molar-refractivity contribution in [1.82, 2.24) is 0 Å². The summed E-state index contributed by atoms with van der Waals surface area (Å²) in [7, 11) is 0. The quantitative estimate of drug-likeness (QED) is 0.480. The Morgan fingerprint density at radius 1 is 1.00 bits per heavy atom. The Morgan fingerprint density at radius 2 is 1.71 bits per heavy atom. The van der Waals surface area contributed by atoms with Crippen LogP contribution in [0.15, 0.2) is 30.6 Å². The van der Waals surface area contributed by atoms with Crippen molar-refractivity contribution in [1.29, 1.82) is 0 Å². The van der Waals surface area contributed by atoms with Crippen LogP contribution in [0.2, 0.25) is 0 Å². The fourth-order valence-electron chi connectivity index (χ4n) is 1.85. The lowest BCUT2D eigenvalue weighted by atomic mass is 10.1. The number of aromatic nitrogens is 1. The van der Waals surface area contributed by atoms with E-state index < -0.39 is 0 Å². The fourth-order valence-corrected chi connectivity index (χ4v) is 1.85. The average molecular weight is 192 g/mol. The van der Waals surface area contributed by atoms with Gasteiger partial charge in [-0.05, 0) is 6.42 Å². The van der Waals surface area contributed by atoms with Crippen molar-refractivity contribution < 1.29 is 4.57 Å². The van der Waals surface area contributed by atoms with E-state index >= 15 is 0 Å². The molecule has 1 aromatic heterocycles. The van der Waals surface area contributed by atoms with Crippen LogP contribution in [0, 0.1) is 0 Å². The molecule has 0 saturated carbocycles. The molecular weight excluding hydrogens is 170 g/mol. The molecule has 0 amide bonds. The molecule has 0 aliphatic heterocycles. The summed E-state index contributed by atoms with van der Waals surface area (Å²) in [5, 5.41) is 0. The molecule has 1 nitrogen and oxygen atoms in total. The molecule has 1 atom stereocenters. The summed E-state index contributed by atoms with van der Waals surface area (Å²) >= 11 is 0. The van der Waals surface area contributed by atoms with E-state index in [1.54, 1.807) is 0 Å². The summed E-state index contributed by atoms with van der Waals surface area (Å²) in [5.41, 5.74) is 0. The average Bonchev–Trinajstić information content (AvgIpc) is 2.26. The highest BCUT2D eigenvalue weighted by Gasteiger charge is 2.13. The van der Waals surface area contributed by atoms with E-state index in [9.17, 15) is 0 Å². The minimum absolute atomic E-state index is 0.697. The SMILES string of the molecule is CCCCCC(CC)[n+]1ccccc1. The van der Waals surface area contributed by atoms with E-state index in [1.165, 1.54) is 32.1 Å². The zero-order chi connectivity index (χ0) is 10.2. The van der Waals surface area contributed by atoms with E-state index in [-0.39, 0.29) is 0 Å². The zero-order valence-electron chi connectivity index (χ0n) is 9.45. The Bertz CT molecular complexity index is 230. The maximum atomic E-state index is 2.34. The molecule has 0 fully saturated rings. The van der Waals surface area contributed by atoms with E-state index in [4.69, 9.17) is 0 Å². The number of rotatable bonds is 6. The lowest BCUT2D eigenvalue weighted by molar-refractivity contribution is -0.724. The summed E-state index contributed by atoms with van der Waals surface area (Å²) in [6, 6.07) is 7.00. The number of hydrogen-bond donors (Lipinski definition) is 0. The molecule has 0 aromatic carbocycles. The Labute approximate surface area is 87.8 Å².